The van der Waals surface area contributed by atoms with Crippen molar-refractivity contribution in [2.24, 2.45) is 0 Å². The van der Waals surface area contributed by atoms with Crippen molar-refractivity contribution in [1.29, 1.82) is 0 Å². The van der Waals surface area contributed by atoms with E-state index < -0.39 is 29.7 Å². The molecular formula is C17H29N3O5. The van der Waals surface area contributed by atoms with Gasteiger partial charge in [0.2, 0.25) is 11.8 Å². The molecule has 3 amide bonds. The van der Waals surface area contributed by atoms with E-state index in [1.54, 1.807) is 25.7 Å². The third-order valence-corrected chi connectivity index (χ3v) is 4.65. The quantitative estimate of drug-likeness (QED) is 0.764. The van der Waals surface area contributed by atoms with E-state index in [-0.39, 0.29) is 12.5 Å². The number of hydrogen-bond donors (Lipinski definition) is 2. The van der Waals surface area contributed by atoms with E-state index in [9.17, 15) is 19.5 Å². The zero-order chi connectivity index (χ0) is 18.7. The van der Waals surface area contributed by atoms with E-state index in [2.05, 4.69) is 5.32 Å². The van der Waals surface area contributed by atoms with Crippen LogP contribution in [0.25, 0.3) is 0 Å². The Morgan fingerprint density at radius 2 is 1.76 bits per heavy atom. The number of aliphatic hydroxyl groups excluding tert-OH is 1. The van der Waals surface area contributed by atoms with Gasteiger partial charge in [0.1, 0.15) is 11.1 Å². The van der Waals surface area contributed by atoms with E-state index in [4.69, 9.17) is 4.74 Å². The molecule has 0 saturated carbocycles. The largest absolute Gasteiger partial charge is 0.444 e. The first kappa shape index (κ1) is 19.5. The van der Waals surface area contributed by atoms with Gasteiger partial charge in [0.25, 0.3) is 0 Å². The van der Waals surface area contributed by atoms with Gasteiger partial charge in [0.05, 0.1) is 13.2 Å². The highest BCUT2D eigenvalue weighted by Crippen LogP contribution is 2.31. The van der Waals surface area contributed by atoms with Gasteiger partial charge in [-0.05, 0) is 46.5 Å². The lowest BCUT2D eigenvalue weighted by Crippen LogP contribution is -2.61. The molecule has 2 fully saturated rings. The van der Waals surface area contributed by atoms with Crippen LogP contribution in [0.2, 0.25) is 0 Å². The Kier molecular flexibility index (Phi) is 5.92. The SMILES string of the molecule is CC(C)(C)OC(=O)N1CCCC1(CO)C(=O)NCC(=O)N1CCCC1. The van der Waals surface area contributed by atoms with Gasteiger partial charge in [-0.15, -0.1) is 0 Å². The van der Waals surface area contributed by atoms with Gasteiger partial charge in [0, 0.05) is 19.6 Å². The van der Waals surface area contributed by atoms with E-state index in [0.29, 0.717) is 32.5 Å². The number of hydrogen-bond acceptors (Lipinski definition) is 5. The van der Waals surface area contributed by atoms with Crippen LogP contribution < -0.4 is 5.32 Å². The summed E-state index contributed by atoms with van der Waals surface area (Å²) in [6.07, 6.45) is 2.26. The van der Waals surface area contributed by atoms with Crippen LogP contribution in [0.1, 0.15) is 46.5 Å². The molecule has 0 aromatic heterocycles. The highest BCUT2D eigenvalue weighted by molar-refractivity contribution is 5.93. The van der Waals surface area contributed by atoms with Crippen molar-refractivity contribution in [2.75, 3.05) is 32.8 Å². The summed E-state index contributed by atoms with van der Waals surface area (Å²) in [6.45, 7) is 6.37. The highest BCUT2D eigenvalue weighted by atomic mass is 16.6. The molecule has 2 rings (SSSR count). The molecule has 8 heteroatoms. The minimum atomic E-state index is -1.37. The molecule has 0 radical (unpaired) electrons. The Bertz CT molecular complexity index is 525. The minimum absolute atomic E-state index is 0.122. The highest BCUT2D eigenvalue weighted by Gasteiger charge is 2.50. The molecule has 0 aliphatic carbocycles. The number of aliphatic hydroxyl groups is 1. The summed E-state index contributed by atoms with van der Waals surface area (Å²) in [5, 5.41) is 12.5. The molecule has 25 heavy (non-hydrogen) atoms. The number of rotatable bonds is 4. The first-order chi connectivity index (χ1) is 11.7. The van der Waals surface area contributed by atoms with Gasteiger partial charge in [-0.3, -0.25) is 14.5 Å². The van der Waals surface area contributed by atoms with Gasteiger partial charge in [-0.2, -0.15) is 0 Å². The second-order valence-electron chi connectivity index (χ2n) is 7.70. The molecule has 2 N–H and O–H groups in total. The molecule has 0 aromatic rings. The van der Waals surface area contributed by atoms with E-state index >= 15 is 0 Å². The number of nitrogens with one attached hydrogen (secondary N) is 1. The molecule has 8 nitrogen and oxygen atoms in total. The summed E-state index contributed by atoms with van der Waals surface area (Å²) in [6, 6.07) is 0. The average Bonchev–Trinajstić information content (AvgIpc) is 3.19. The lowest BCUT2D eigenvalue weighted by Gasteiger charge is -2.36. The molecule has 1 unspecified atom stereocenters. The smallest absolute Gasteiger partial charge is 0.411 e. The summed E-state index contributed by atoms with van der Waals surface area (Å²) in [5.74, 6) is -0.647. The Morgan fingerprint density at radius 3 is 2.32 bits per heavy atom. The molecule has 2 saturated heterocycles. The summed E-state index contributed by atoms with van der Waals surface area (Å²) >= 11 is 0. The molecule has 0 bridgehead atoms. The van der Waals surface area contributed by atoms with Crippen molar-refractivity contribution < 1.29 is 24.2 Å². The van der Waals surface area contributed by atoms with Gasteiger partial charge >= 0.3 is 6.09 Å². The summed E-state index contributed by atoms with van der Waals surface area (Å²) < 4.78 is 5.36. The van der Waals surface area contributed by atoms with Crippen molar-refractivity contribution in [3.05, 3.63) is 0 Å². The van der Waals surface area contributed by atoms with E-state index in [1.807, 2.05) is 0 Å². The molecule has 0 aromatic carbocycles. The number of likely N-dealkylation sites (tertiary alicyclic amines) is 2. The first-order valence-electron chi connectivity index (χ1n) is 8.87. The number of amides is 3. The Labute approximate surface area is 148 Å². The average molecular weight is 355 g/mol. The van der Waals surface area contributed by atoms with Gasteiger partial charge < -0.3 is 20.1 Å². The predicted molar refractivity (Wildman–Crippen MR) is 90.8 cm³/mol. The van der Waals surface area contributed by atoms with E-state index in [1.165, 1.54) is 4.90 Å². The number of carbonyl (C=O) groups is 3. The maximum atomic E-state index is 12.7. The maximum absolute atomic E-state index is 12.7. The second-order valence-corrected chi connectivity index (χ2v) is 7.70. The minimum Gasteiger partial charge on any atom is -0.444 e. The molecule has 1 atom stereocenters. The number of carbonyl (C=O) groups excluding carboxylic acids is 3. The molecule has 2 aliphatic rings. The summed E-state index contributed by atoms with van der Waals surface area (Å²) in [7, 11) is 0. The molecule has 0 spiro atoms. The predicted octanol–water partition coefficient (Wildman–Crippen LogP) is 0.487. The number of ether oxygens (including phenoxy) is 1. The van der Waals surface area contributed by atoms with Crippen molar-refractivity contribution in [1.82, 2.24) is 15.1 Å². The Morgan fingerprint density at radius 1 is 1.12 bits per heavy atom. The van der Waals surface area contributed by atoms with Crippen molar-refractivity contribution in [2.45, 2.75) is 57.6 Å². The summed E-state index contributed by atoms with van der Waals surface area (Å²) in [5.41, 5.74) is -2.06. The maximum Gasteiger partial charge on any atom is 0.411 e. The third kappa shape index (κ3) is 4.42. The van der Waals surface area contributed by atoms with Crippen LogP contribution in [0.3, 0.4) is 0 Å². The zero-order valence-electron chi connectivity index (χ0n) is 15.3. The van der Waals surface area contributed by atoms with Crippen LogP contribution in [-0.2, 0) is 14.3 Å². The second kappa shape index (κ2) is 7.59. The monoisotopic (exact) mass is 355 g/mol. The Balaban J connectivity index is 2.02. The van der Waals surface area contributed by atoms with Crippen molar-refractivity contribution in [3.8, 4) is 0 Å². The zero-order valence-corrected chi connectivity index (χ0v) is 15.3. The van der Waals surface area contributed by atoms with Crippen LogP contribution in [0, 0.1) is 0 Å². The third-order valence-electron chi connectivity index (χ3n) is 4.65. The van der Waals surface area contributed by atoms with Gasteiger partial charge in [0.15, 0.2) is 0 Å². The molecular weight excluding hydrogens is 326 g/mol. The lowest BCUT2D eigenvalue weighted by atomic mass is 9.96. The van der Waals surface area contributed by atoms with Crippen LogP contribution in [0.5, 0.6) is 0 Å². The van der Waals surface area contributed by atoms with Crippen molar-refractivity contribution >= 4 is 17.9 Å². The fourth-order valence-corrected chi connectivity index (χ4v) is 3.33. The first-order valence-corrected chi connectivity index (χ1v) is 8.87. The van der Waals surface area contributed by atoms with Crippen LogP contribution in [-0.4, -0.2) is 76.7 Å². The Hall–Kier alpha value is -1.83. The number of nitrogens with zero attached hydrogens (tertiary/aromatic N) is 2. The van der Waals surface area contributed by atoms with Gasteiger partial charge in [-0.25, -0.2) is 4.79 Å². The molecule has 142 valence electrons. The van der Waals surface area contributed by atoms with Crippen LogP contribution in [0.4, 0.5) is 4.79 Å². The fraction of sp³-hybridized carbons (Fsp3) is 0.824. The lowest BCUT2D eigenvalue weighted by molar-refractivity contribution is -0.138. The van der Waals surface area contributed by atoms with Crippen LogP contribution >= 0.6 is 0 Å². The standard InChI is InChI=1S/C17H29N3O5/c1-16(2,3)25-15(24)20-10-6-7-17(20,12-21)14(23)18-11-13(22)19-8-4-5-9-19/h21H,4-12H2,1-3H3,(H,18,23). The summed E-state index contributed by atoms with van der Waals surface area (Å²) in [4.78, 5) is 40.2. The normalized spacial score (nSPS) is 23.7. The molecule has 2 heterocycles. The van der Waals surface area contributed by atoms with E-state index in [0.717, 1.165) is 12.8 Å². The fourth-order valence-electron chi connectivity index (χ4n) is 3.33. The van der Waals surface area contributed by atoms with Crippen molar-refractivity contribution in [3.63, 3.8) is 0 Å². The molecule has 2 aliphatic heterocycles. The topological polar surface area (TPSA) is 99.2 Å². The van der Waals surface area contributed by atoms with Gasteiger partial charge in [-0.1, -0.05) is 0 Å². The van der Waals surface area contributed by atoms with Crippen LogP contribution in [0.15, 0.2) is 0 Å².